The molecule has 0 aliphatic rings. The molecule has 0 bridgehead atoms. The number of nitrogens with one attached hydrogen (secondary N) is 2. The molecule has 0 unspecified atom stereocenters. The van der Waals surface area contributed by atoms with Crippen LogP contribution in [0.25, 0.3) is 10.9 Å². The Kier molecular flexibility index (Phi) is 5.77. The molecule has 0 aliphatic carbocycles. The van der Waals surface area contributed by atoms with Crippen LogP contribution in [0.2, 0.25) is 0 Å². The summed E-state index contributed by atoms with van der Waals surface area (Å²) in [5, 5.41) is 0.958. The third-order valence-electron chi connectivity index (χ3n) is 4.85. The van der Waals surface area contributed by atoms with Crippen LogP contribution in [0.15, 0.2) is 53.3 Å². The van der Waals surface area contributed by atoms with Crippen molar-refractivity contribution < 1.29 is 8.42 Å². The number of fused-ring (bicyclic) bond motifs is 1. The molecule has 2 N–H and O–H groups in total. The van der Waals surface area contributed by atoms with Gasteiger partial charge in [0.25, 0.3) is 5.56 Å². The first kappa shape index (κ1) is 19.3. The maximum absolute atomic E-state index is 12.3. The SMILES string of the molecule is Cc1ccc2cc(CCNS(=O)(=O)CCc3ccccc3)c(=O)[nH]c2c1C. The number of H-pyrrole nitrogens is 1. The van der Waals surface area contributed by atoms with Crippen LogP contribution in [0.1, 0.15) is 22.3 Å². The van der Waals surface area contributed by atoms with Crippen LogP contribution in [-0.2, 0) is 22.9 Å². The zero-order valence-corrected chi connectivity index (χ0v) is 16.4. The number of aromatic nitrogens is 1. The molecule has 0 radical (unpaired) electrons. The van der Waals surface area contributed by atoms with E-state index < -0.39 is 10.0 Å². The smallest absolute Gasteiger partial charge is 0.251 e. The van der Waals surface area contributed by atoms with Gasteiger partial charge in [0, 0.05) is 12.1 Å². The van der Waals surface area contributed by atoms with Gasteiger partial charge in [-0.25, -0.2) is 13.1 Å². The molecule has 1 heterocycles. The highest BCUT2D eigenvalue weighted by Crippen LogP contribution is 2.18. The molecule has 0 saturated heterocycles. The molecule has 3 aromatic rings. The Labute approximate surface area is 159 Å². The lowest BCUT2D eigenvalue weighted by molar-refractivity contribution is 0.580. The lowest BCUT2D eigenvalue weighted by atomic mass is 10.0. The van der Waals surface area contributed by atoms with Gasteiger partial charge in [-0.2, -0.15) is 0 Å². The average molecular weight is 385 g/mol. The fourth-order valence-electron chi connectivity index (χ4n) is 3.07. The molecule has 0 aliphatic heterocycles. The Morgan fingerprint density at radius 1 is 1.00 bits per heavy atom. The van der Waals surface area contributed by atoms with Gasteiger partial charge < -0.3 is 4.98 Å². The molecule has 1 aromatic heterocycles. The number of benzene rings is 2. The minimum atomic E-state index is -3.38. The summed E-state index contributed by atoms with van der Waals surface area (Å²) in [6.45, 7) is 4.19. The van der Waals surface area contributed by atoms with Crippen molar-refractivity contribution in [1.29, 1.82) is 0 Å². The molecule has 5 nitrogen and oxygen atoms in total. The monoisotopic (exact) mass is 384 g/mol. The van der Waals surface area contributed by atoms with Crippen molar-refractivity contribution in [2.75, 3.05) is 12.3 Å². The Morgan fingerprint density at radius 3 is 2.48 bits per heavy atom. The normalized spacial score (nSPS) is 11.8. The van der Waals surface area contributed by atoms with E-state index in [2.05, 4.69) is 9.71 Å². The van der Waals surface area contributed by atoms with Gasteiger partial charge in [-0.1, -0.05) is 42.5 Å². The molecule has 142 valence electrons. The summed E-state index contributed by atoms with van der Waals surface area (Å²) in [7, 11) is -3.38. The number of hydrogen-bond acceptors (Lipinski definition) is 3. The number of aromatic amines is 1. The maximum Gasteiger partial charge on any atom is 0.251 e. The molecular weight excluding hydrogens is 360 g/mol. The zero-order valence-electron chi connectivity index (χ0n) is 15.6. The molecule has 2 aromatic carbocycles. The summed E-state index contributed by atoms with van der Waals surface area (Å²) in [6, 6.07) is 15.4. The van der Waals surface area contributed by atoms with Gasteiger partial charge in [-0.15, -0.1) is 0 Å². The van der Waals surface area contributed by atoms with Gasteiger partial charge in [-0.3, -0.25) is 4.79 Å². The topological polar surface area (TPSA) is 79.0 Å². The Balaban J connectivity index is 1.63. The van der Waals surface area contributed by atoms with Gasteiger partial charge in [0.05, 0.1) is 11.3 Å². The van der Waals surface area contributed by atoms with Crippen LogP contribution in [-0.4, -0.2) is 25.7 Å². The molecular formula is C21H24N2O3S. The van der Waals surface area contributed by atoms with Gasteiger partial charge in [-0.05, 0) is 54.8 Å². The quantitative estimate of drug-likeness (QED) is 0.657. The first-order chi connectivity index (χ1) is 12.9. The van der Waals surface area contributed by atoms with E-state index in [1.54, 1.807) is 0 Å². The van der Waals surface area contributed by atoms with Crippen molar-refractivity contribution >= 4 is 20.9 Å². The predicted molar refractivity (Wildman–Crippen MR) is 110 cm³/mol. The molecule has 0 amide bonds. The molecule has 0 fully saturated rings. The zero-order chi connectivity index (χ0) is 19.4. The van der Waals surface area contributed by atoms with E-state index in [1.165, 1.54) is 0 Å². The third kappa shape index (κ3) is 4.84. The second kappa shape index (κ2) is 8.06. The summed E-state index contributed by atoms with van der Waals surface area (Å²) < 4.78 is 26.9. The second-order valence-electron chi connectivity index (χ2n) is 6.79. The average Bonchev–Trinajstić information content (AvgIpc) is 2.65. The van der Waals surface area contributed by atoms with Gasteiger partial charge >= 0.3 is 0 Å². The summed E-state index contributed by atoms with van der Waals surface area (Å²) in [4.78, 5) is 15.3. The van der Waals surface area contributed by atoms with E-state index >= 15 is 0 Å². The van der Waals surface area contributed by atoms with Crippen LogP contribution < -0.4 is 10.3 Å². The van der Waals surface area contributed by atoms with Gasteiger partial charge in [0.2, 0.25) is 10.0 Å². The molecule has 6 heteroatoms. The van der Waals surface area contributed by atoms with Crippen molar-refractivity contribution in [3.05, 3.63) is 81.1 Å². The van der Waals surface area contributed by atoms with Crippen LogP contribution >= 0.6 is 0 Å². The number of hydrogen-bond donors (Lipinski definition) is 2. The first-order valence-electron chi connectivity index (χ1n) is 8.99. The van der Waals surface area contributed by atoms with E-state index in [1.807, 2.05) is 62.4 Å². The highest BCUT2D eigenvalue weighted by molar-refractivity contribution is 7.89. The van der Waals surface area contributed by atoms with Crippen molar-refractivity contribution in [3.8, 4) is 0 Å². The molecule has 0 atom stereocenters. The Morgan fingerprint density at radius 2 is 1.74 bits per heavy atom. The maximum atomic E-state index is 12.3. The standard InChI is InChI=1S/C21H24N2O3S/c1-15-8-9-18-14-19(21(24)23-20(18)16(15)2)10-12-22-27(25,26)13-11-17-6-4-3-5-7-17/h3-9,14,22H,10-13H2,1-2H3,(H,23,24). The number of rotatable bonds is 7. The summed E-state index contributed by atoms with van der Waals surface area (Å²) >= 11 is 0. The fraction of sp³-hybridized carbons (Fsp3) is 0.286. The summed E-state index contributed by atoms with van der Waals surface area (Å²) in [6.07, 6.45) is 0.814. The van der Waals surface area contributed by atoms with Gasteiger partial charge in [0.1, 0.15) is 0 Å². The van der Waals surface area contributed by atoms with Gasteiger partial charge in [0.15, 0.2) is 0 Å². The third-order valence-corrected chi connectivity index (χ3v) is 6.23. The fourth-order valence-corrected chi connectivity index (χ4v) is 4.13. The molecule has 0 spiro atoms. The number of aryl methyl sites for hydroxylation is 3. The van der Waals surface area contributed by atoms with Crippen molar-refractivity contribution in [1.82, 2.24) is 9.71 Å². The number of sulfonamides is 1. The van der Waals surface area contributed by atoms with E-state index in [0.717, 1.165) is 27.6 Å². The summed E-state index contributed by atoms with van der Waals surface area (Å²) in [5.41, 5.74) is 4.41. The largest absolute Gasteiger partial charge is 0.321 e. The lowest BCUT2D eigenvalue weighted by Crippen LogP contribution is -2.30. The van der Waals surface area contributed by atoms with Crippen molar-refractivity contribution in [2.24, 2.45) is 0 Å². The Bertz CT molecular complexity index is 1100. The van der Waals surface area contributed by atoms with Crippen LogP contribution in [0.4, 0.5) is 0 Å². The minimum absolute atomic E-state index is 0.0313. The van der Waals surface area contributed by atoms with E-state index in [4.69, 9.17) is 0 Å². The van der Waals surface area contributed by atoms with Crippen LogP contribution in [0.3, 0.4) is 0 Å². The second-order valence-corrected chi connectivity index (χ2v) is 8.72. The minimum Gasteiger partial charge on any atom is -0.321 e. The molecule has 0 saturated carbocycles. The summed E-state index contributed by atoms with van der Waals surface area (Å²) in [5.74, 6) is 0.0313. The van der Waals surface area contributed by atoms with Crippen molar-refractivity contribution in [3.63, 3.8) is 0 Å². The Hall–Kier alpha value is -2.44. The number of pyridine rings is 1. The first-order valence-corrected chi connectivity index (χ1v) is 10.6. The molecule has 3 rings (SSSR count). The highest BCUT2D eigenvalue weighted by atomic mass is 32.2. The van der Waals surface area contributed by atoms with Crippen LogP contribution in [0, 0.1) is 13.8 Å². The van der Waals surface area contributed by atoms with E-state index in [-0.39, 0.29) is 17.9 Å². The van der Waals surface area contributed by atoms with E-state index in [0.29, 0.717) is 18.4 Å². The van der Waals surface area contributed by atoms with Crippen molar-refractivity contribution in [2.45, 2.75) is 26.7 Å². The molecule has 27 heavy (non-hydrogen) atoms. The highest BCUT2D eigenvalue weighted by Gasteiger charge is 2.11. The van der Waals surface area contributed by atoms with Crippen LogP contribution in [0.5, 0.6) is 0 Å². The lowest BCUT2D eigenvalue weighted by Gasteiger charge is -2.09. The van der Waals surface area contributed by atoms with E-state index in [9.17, 15) is 13.2 Å². The predicted octanol–water partition coefficient (Wildman–Crippen LogP) is 2.85.